The molecule has 0 bridgehead atoms. The van der Waals surface area contributed by atoms with Crippen molar-refractivity contribution in [3.05, 3.63) is 53.1 Å². The largest absolute Gasteiger partial charge is 0.497 e. The fraction of sp³-hybridized carbons (Fsp3) is 0.350. The van der Waals surface area contributed by atoms with Gasteiger partial charge in [-0.1, -0.05) is 11.6 Å². The van der Waals surface area contributed by atoms with Gasteiger partial charge in [0.2, 0.25) is 15.9 Å². The third-order valence-corrected chi connectivity index (χ3v) is 5.93. The summed E-state index contributed by atoms with van der Waals surface area (Å²) in [6.45, 7) is 3.31. The molecular formula is C20H25ClN2O5S. The first-order valence-corrected chi connectivity index (χ1v) is 11.1. The third kappa shape index (κ3) is 5.55. The summed E-state index contributed by atoms with van der Waals surface area (Å²) in [4.78, 5) is 12.9. The van der Waals surface area contributed by atoms with E-state index in [-0.39, 0.29) is 0 Å². The number of ether oxygens (including phenoxy) is 2. The summed E-state index contributed by atoms with van der Waals surface area (Å²) in [6.07, 6.45) is 1.06. The highest BCUT2D eigenvalue weighted by Crippen LogP contribution is 2.30. The second-order valence-electron chi connectivity index (χ2n) is 6.55. The number of methoxy groups -OCH3 is 2. The first kappa shape index (κ1) is 22.8. The van der Waals surface area contributed by atoms with Gasteiger partial charge in [0.15, 0.2) is 0 Å². The van der Waals surface area contributed by atoms with Crippen LogP contribution in [0.3, 0.4) is 0 Å². The topological polar surface area (TPSA) is 84.9 Å². The summed E-state index contributed by atoms with van der Waals surface area (Å²) in [5, 5.41) is 3.32. The number of hydrogen-bond donors (Lipinski definition) is 1. The molecule has 7 nitrogen and oxygen atoms in total. The van der Waals surface area contributed by atoms with Gasteiger partial charge >= 0.3 is 0 Å². The second-order valence-corrected chi connectivity index (χ2v) is 8.85. The molecule has 9 heteroatoms. The number of carbonyl (C=O) groups is 1. The van der Waals surface area contributed by atoms with E-state index in [0.717, 1.165) is 10.6 Å². The van der Waals surface area contributed by atoms with Crippen LogP contribution in [-0.2, 0) is 14.8 Å². The number of nitrogens with zero attached hydrogens (tertiary/aromatic N) is 1. The van der Waals surface area contributed by atoms with Crippen molar-refractivity contribution in [1.82, 2.24) is 5.32 Å². The molecule has 158 valence electrons. The van der Waals surface area contributed by atoms with Gasteiger partial charge in [0.1, 0.15) is 17.5 Å². The summed E-state index contributed by atoms with van der Waals surface area (Å²) in [5.74, 6) is 0.751. The monoisotopic (exact) mass is 440 g/mol. The average molecular weight is 441 g/mol. The van der Waals surface area contributed by atoms with Crippen molar-refractivity contribution < 1.29 is 22.7 Å². The fourth-order valence-electron chi connectivity index (χ4n) is 2.99. The van der Waals surface area contributed by atoms with Gasteiger partial charge in [-0.2, -0.15) is 0 Å². The highest BCUT2D eigenvalue weighted by molar-refractivity contribution is 7.92. The molecule has 29 heavy (non-hydrogen) atoms. The van der Waals surface area contributed by atoms with E-state index in [2.05, 4.69) is 5.32 Å². The first-order valence-electron chi connectivity index (χ1n) is 8.85. The lowest BCUT2D eigenvalue weighted by molar-refractivity contribution is -0.122. The van der Waals surface area contributed by atoms with E-state index in [1.54, 1.807) is 56.5 Å². The summed E-state index contributed by atoms with van der Waals surface area (Å²) < 4.78 is 36.4. The van der Waals surface area contributed by atoms with Gasteiger partial charge in [0, 0.05) is 10.6 Å². The van der Waals surface area contributed by atoms with Gasteiger partial charge in [-0.25, -0.2) is 8.42 Å². The van der Waals surface area contributed by atoms with Crippen molar-refractivity contribution >= 4 is 33.2 Å². The van der Waals surface area contributed by atoms with Crippen molar-refractivity contribution in [2.45, 2.75) is 25.9 Å². The number of anilines is 1. The van der Waals surface area contributed by atoms with E-state index in [4.69, 9.17) is 21.1 Å². The van der Waals surface area contributed by atoms with Crippen molar-refractivity contribution in [2.75, 3.05) is 24.8 Å². The average Bonchev–Trinajstić information content (AvgIpc) is 2.67. The molecule has 0 spiro atoms. The summed E-state index contributed by atoms with van der Waals surface area (Å²) in [6, 6.07) is 10.1. The van der Waals surface area contributed by atoms with Crippen LogP contribution < -0.4 is 19.1 Å². The van der Waals surface area contributed by atoms with Crippen LogP contribution in [0.1, 0.15) is 25.5 Å². The molecule has 2 atom stereocenters. The molecule has 1 amide bonds. The third-order valence-electron chi connectivity index (χ3n) is 4.43. The van der Waals surface area contributed by atoms with Crippen molar-refractivity contribution in [2.24, 2.45) is 0 Å². The number of benzene rings is 2. The Hall–Kier alpha value is -2.45. The molecule has 0 aliphatic heterocycles. The Morgan fingerprint density at radius 3 is 2.21 bits per heavy atom. The molecule has 0 aliphatic rings. The minimum atomic E-state index is -3.71. The normalized spacial score (nSPS) is 13.3. The standard InChI is InChI=1S/C20H25ClN2O5S/c1-13(18-12-17(27-3)10-11-19(18)28-4)22-20(24)14(2)23(29(5,25)26)16-8-6-15(21)7-9-16/h6-14H,1-5H3,(H,22,24). The smallest absolute Gasteiger partial charge is 0.244 e. The van der Waals surface area contributed by atoms with E-state index in [9.17, 15) is 13.2 Å². The molecular weight excluding hydrogens is 416 g/mol. The van der Waals surface area contributed by atoms with Crippen LogP contribution in [0.5, 0.6) is 11.5 Å². The molecule has 0 heterocycles. The molecule has 2 rings (SSSR count). The molecule has 0 radical (unpaired) electrons. The summed E-state index contributed by atoms with van der Waals surface area (Å²) in [5.41, 5.74) is 1.07. The van der Waals surface area contributed by atoms with E-state index >= 15 is 0 Å². The Kier molecular flexibility index (Phi) is 7.37. The highest BCUT2D eigenvalue weighted by atomic mass is 35.5. The van der Waals surface area contributed by atoms with Crippen LogP contribution >= 0.6 is 11.6 Å². The van der Waals surface area contributed by atoms with Crippen LogP contribution in [-0.4, -0.2) is 40.8 Å². The van der Waals surface area contributed by atoms with Crippen LogP contribution in [0.25, 0.3) is 0 Å². The molecule has 0 fully saturated rings. The number of sulfonamides is 1. The number of hydrogen-bond acceptors (Lipinski definition) is 5. The second kappa shape index (κ2) is 9.37. The molecule has 0 saturated heterocycles. The van der Waals surface area contributed by atoms with E-state index in [0.29, 0.717) is 27.8 Å². The number of nitrogens with one attached hydrogen (secondary N) is 1. The SMILES string of the molecule is COc1ccc(OC)c(C(C)NC(=O)C(C)N(c2ccc(Cl)cc2)S(C)(=O)=O)c1. The highest BCUT2D eigenvalue weighted by Gasteiger charge is 2.30. The minimum absolute atomic E-state index is 0.353. The number of rotatable bonds is 8. The lowest BCUT2D eigenvalue weighted by Crippen LogP contribution is -2.48. The Morgan fingerprint density at radius 2 is 1.69 bits per heavy atom. The zero-order valence-corrected chi connectivity index (χ0v) is 18.5. The number of halogens is 1. The molecule has 2 aromatic rings. The Balaban J connectivity index is 2.29. The predicted molar refractivity (Wildman–Crippen MR) is 114 cm³/mol. The first-order chi connectivity index (χ1) is 13.6. The molecule has 2 aromatic carbocycles. The van der Waals surface area contributed by atoms with Crippen molar-refractivity contribution in [1.29, 1.82) is 0 Å². The van der Waals surface area contributed by atoms with Crippen molar-refractivity contribution in [3.8, 4) is 11.5 Å². The summed E-state index contributed by atoms with van der Waals surface area (Å²) in [7, 11) is -0.630. The van der Waals surface area contributed by atoms with Gasteiger partial charge < -0.3 is 14.8 Å². The molecule has 1 N–H and O–H groups in total. The zero-order chi connectivity index (χ0) is 21.8. The van der Waals surface area contributed by atoms with Gasteiger partial charge in [-0.15, -0.1) is 0 Å². The lowest BCUT2D eigenvalue weighted by Gasteiger charge is -2.29. The van der Waals surface area contributed by atoms with E-state index in [1.807, 2.05) is 0 Å². The Labute approximate surface area is 176 Å². The van der Waals surface area contributed by atoms with Gasteiger partial charge in [0.25, 0.3) is 0 Å². The van der Waals surface area contributed by atoms with Gasteiger partial charge in [-0.05, 0) is 56.3 Å². The van der Waals surface area contributed by atoms with E-state index < -0.39 is 28.0 Å². The molecule has 0 aliphatic carbocycles. The lowest BCUT2D eigenvalue weighted by atomic mass is 10.1. The van der Waals surface area contributed by atoms with Crippen LogP contribution in [0.2, 0.25) is 5.02 Å². The fourth-order valence-corrected chi connectivity index (χ4v) is 4.29. The number of amides is 1. The molecule has 0 aromatic heterocycles. The Morgan fingerprint density at radius 1 is 1.07 bits per heavy atom. The quantitative estimate of drug-likeness (QED) is 0.680. The molecule has 2 unspecified atom stereocenters. The zero-order valence-electron chi connectivity index (χ0n) is 17.0. The Bertz CT molecular complexity index is 963. The summed E-state index contributed by atoms with van der Waals surface area (Å²) >= 11 is 5.89. The van der Waals surface area contributed by atoms with Crippen molar-refractivity contribution in [3.63, 3.8) is 0 Å². The maximum Gasteiger partial charge on any atom is 0.244 e. The maximum absolute atomic E-state index is 12.9. The maximum atomic E-state index is 12.9. The van der Waals surface area contributed by atoms with Gasteiger partial charge in [0.05, 0.1) is 32.2 Å². The van der Waals surface area contributed by atoms with Crippen LogP contribution in [0.4, 0.5) is 5.69 Å². The minimum Gasteiger partial charge on any atom is -0.497 e. The van der Waals surface area contributed by atoms with E-state index in [1.165, 1.54) is 14.0 Å². The van der Waals surface area contributed by atoms with Gasteiger partial charge in [-0.3, -0.25) is 9.10 Å². The number of carbonyl (C=O) groups excluding carboxylic acids is 1. The predicted octanol–water partition coefficient (Wildman–Crippen LogP) is 3.39. The molecule has 0 saturated carbocycles. The van der Waals surface area contributed by atoms with Crippen LogP contribution in [0, 0.1) is 0 Å². The van der Waals surface area contributed by atoms with Crippen LogP contribution in [0.15, 0.2) is 42.5 Å².